The van der Waals surface area contributed by atoms with Crippen molar-refractivity contribution in [2.45, 2.75) is 19.4 Å². The van der Waals surface area contributed by atoms with Crippen molar-refractivity contribution in [2.75, 3.05) is 30.8 Å². The standard InChI is InChI=1S/C26H30N2O5S/c1-32-24-14-10-21(11-15-24)9-6-18-27-26(29)19-28(34(2,30)31)23-12-16-25(17-13-23)33-20-22-7-4-3-5-8-22/h3-5,7-8,10-17H,6,9,18-20H2,1-2H3,(H,27,29). The molecule has 0 fully saturated rings. The summed E-state index contributed by atoms with van der Waals surface area (Å²) in [5.74, 6) is 1.06. The Morgan fingerprint density at radius 2 is 1.53 bits per heavy atom. The van der Waals surface area contributed by atoms with Gasteiger partial charge in [-0.2, -0.15) is 0 Å². The maximum absolute atomic E-state index is 12.4. The van der Waals surface area contributed by atoms with Crippen molar-refractivity contribution in [3.63, 3.8) is 0 Å². The third kappa shape index (κ3) is 7.81. The van der Waals surface area contributed by atoms with E-state index in [0.717, 1.165) is 40.3 Å². The van der Waals surface area contributed by atoms with Gasteiger partial charge in [0.2, 0.25) is 15.9 Å². The summed E-state index contributed by atoms with van der Waals surface area (Å²) in [5, 5.41) is 2.80. The molecule has 0 atom stereocenters. The molecule has 8 heteroatoms. The Hall–Kier alpha value is -3.52. The Morgan fingerprint density at radius 3 is 2.15 bits per heavy atom. The van der Waals surface area contributed by atoms with E-state index in [1.54, 1.807) is 31.4 Å². The molecule has 0 radical (unpaired) electrons. The first kappa shape index (κ1) is 25.1. The van der Waals surface area contributed by atoms with Crippen molar-refractivity contribution >= 4 is 21.6 Å². The van der Waals surface area contributed by atoms with Gasteiger partial charge in [-0.3, -0.25) is 9.10 Å². The molecule has 1 amide bonds. The van der Waals surface area contributed by atoms with Crippen LogP contribution in [-0.2, 0) is 27.8 Å². The number of carbonyl (C=O) groups is 1. The highest BCUT2D eigenvalue weighted by molar-refractivity contribution is 7.92. The van der Waals surface area contributed by atoms with Gasteiger partial charge in [-0.05, 0) is 60.4 Å². The Bertz CT molecular complexity index is 1150. The third-order valence-corrected chi connectivity index (χ3v) is 6.32. The maximum Gasteiger partial charge on any atom is 0.240 e. The zero-order chi connectivity index (χ0) is 24.4. The van der Waals surface area contributed by atoms with E-state index in [1.165, 1.54) is 0 Å². The number of hydrogen-bond acceptors (Lipinski definition) is 5. The predicted molar refractivity (Wildman–Crippen MR) is 134 cm³/mol. The summed E-state index contributed by atoms with van der Waals surface area (Å²) in [6.07, 6.45) is 2.62. The summed E-state index contributed by atoms with van der Waals surface area (Å²) in [6.45, 7) is 0.579. The van der Waals surface area contributed by atoms with Crippen molar-refractivity contribution in [1.82, 2.24) is 5.32 Å². The van der Waals surface area contributed by atoms with Crippen molar-refractivity contribution in [3.8, 4) is 11.5 Å². The van der Waals surface area contributed by atoms with Crippen molar-refractivity contribution in [3.05, 3.63) is 90.0 Å². The number of aryl methyl sites for hydroxylation is 1. The zero-order valence-corrected chi connectivity index (χ0v) is 20.3. The normalized spacial score (nSPS) is 11.0. The van der Waals surface area contributed by atoms with Crippen molar-refractivity contribution in [1.29, 1.82) is 0 Å². The Morgan fingerprint density at radius 1 is 0.882 bits per heavy atom. The second kappa shape index (κ2) is 12.1. The van der Waals surface area contributed by atoms with Gasteiger partial charge in [0.25, 0.3) is 0 Å². The summed E-state index contributed by atoms with van der Waals surface area (Å²) in [5.41, 5.74) is 2.58. The molecule has 0 aliphatic rings. The van der Waals surface area contributed by atoms with Crippen molar-refractivity contribution in [2.24, 2.45) is 0 Å². The first-order valence-corrected chi connectivity index (χ1v) is 12.8. The summed E-state index contributed by atoms with van der Waals surface area (Å²) in [6, 6.07) is 24.2. The minimum Gasteiger partial charge on any atom is -0.497 e. The lowest BCUT2D eigenvalue weighted by molar-refractivity contribution is -0.119. The molecule has 0 aliphatic heterocycles. The van der Waals surface area contributed by atoms with Gasteiger partial charge in [0, 0.05) is 6.54 Å². The number of carbonyl (C=O) groups excluding carboxylic acids is 1. The molecular formula is C26H30N2O5S. The molecule has 0 heterocycles. The smallest absolute Gasteiger partial charge is 0.240 e. The van der Waals surface area contributed by atoms with Crippen LogP contribution in [0.3, 0.4) is 0 Å². The van der Waals surface area contributed by atoms with E-state index >= 15 is 0 Å². The van der Waals surface area contributed by atoms with Crippen LogP contribution in [0.1, 0.15) is 17.5 Å². The Balaban J connectivity index is 1.51. The molecule has 180 valence electrons. The summed E-state index contributed by atoms with van der Waals surface area (Å²) >= 11 is 0. The summed E-state index contributed by atoms with van der Waals surface area (Å²) in [4.78, 5) is 12.4. The second-order valence-electron chi connectivity index (χ2n) is 7.84. The van der Waals surface area contributed by atoms with Gasteiger partial charge in [-0.25, -0.2) is 8.42 Å². The second-order valence-corrected chi connectivity index (χ2v) is 9.75. The van der Waals surface area contributed by atoms with Gasteiger partial charge < -0.3 is 14.8 Å². The van der Waals surface area contributed by atoms with Gasteiger partial charge in [0.1, 0.15) is 24.7 Å². The average molecular weight is 483 g/mol. The molecule has 7 nitrogen and oxygen atoms in total. The van der Waals surface area contributed by atoms with Gasteiger partial charge in [-0.1, -0.05) is 42.5 Å². The molecular weight excluding hydrogens is 452 g/mol. The van der Waals surface area contributed by atoms with E-state index in [9.17, 15) is 13.2 Å². The molecule has 0 aromatic heterocycles. The highest BCUT2D eigenvalue weighted by Gasteiger charge is 2.20. The molecule has 0 unspecified atom stereocenters. The Kier molecular flexibility index (Phi) is 8.93. The number of hydrogen-bond donors (Lipinski definition) is 1. The zero-order valence-electron chi connectivity index (χ0n) is 19.4. The van der Waals surface area contributed by atoms with Crippen LogP contribution in [0.15, 0.2) is 78.9 Å². The maximum atomic E-state index is 12.4. The monoisotopic (exact) mass is 482 g/mol. The number of rotatable bonds is 12. The van der Waals surface area contributed by atoms with Crippen LogP contribution in [0, 0.1) is 0 Å². The van der Waals surface area contributed by atoms with Gasteiger partial charge >= 0.3 is 0 Å². The largest absolute Gasteiger partial charge is 0.497 e. The lowest BCUT2D eigenvalue weighted by Gasteiger charge is -2.22. The molecule has 0 bridgehead atoms. The summed E-state index contributed by atoms with van der Waals surface area (Å²) in [7, 11) is -2.02. The van der Waals surface area contributed by atoms with E-state index in [2.05, 4.69) is 5.32 Å². The molecule has 34 heavy (non-hydrogen) atoms. The SMILES string of the molecule is COc1ccc(CCCNC(=O)CN(c2ccc(OCc3ccccc3)cc2)S(C)(=O)=O)cc1. The number of sulfonamides is 1. The first-order chi connectivity index (χ1) is 16.3. The molecule has 3 aromatic rings. The fraction of sp³-hybridized carbons (Fsp3) is 0.269. The fourth-order valence-electron chi connectivity index (χ4n) is 3.35. The number of methoxy groups -OCH3 is 1. The highest BCUT2D eigenvalue weighted by Crippen LogP contribution is 2.22. The van der Waals surface area contributed by atoms with Crippen LogP contribution >= 0.6 is 0 Å². The van der Waals surface area contributed by atoms with Gasteiger partial charge in [-0.15, -0.1) is 0 Å². The topological polar surface area (TPSA) is 84.9 Å². The van der Waals surface area contributed by atoms with Crippen molar-refractivity contribution < 1.29 is 22.7 Å². The number of benzene rings is 3. The summed E-state index contributed by atoms with van der Waals surface area (Å²) < 4.78 is 36.7. The molecule has 0 saturated heterocycles. The van der Waals surface area contributed by atoms with Crippen LogP contribution in [0.5, 0.6) is 11.5 Å². The molecule has 3 rings (SSSR count). The lowest BCUT2D eigenvalue weighted by Crippen LogP contribution is -2.40. The third-order valence-electron chi connectivity index (χ3n) is 5.18. The lowest BCUT2D eigenvalue weighted by atomic mass is 10.1. The minimum absolute atomic E-state index is 0.286. The molecule has 0 saturated carbocycles. The number of anilines is 1. The molecule has 3 aromatic carbocycles. The number of ether oxygens (including phenoxy) is 2. The van der Waals surface area contributed by atoms with E-state index in [0.29, 0.717) is 24.6 Å². The highest BCUT2D eigenvalue weighted by atomic mass is 32.2. The quantitative estimate of drug-likeness (QED) is 0.397. The van der Waals surface area contributed by atoms with Crippen LogP contribution in [0.2, 0.25) is 0 Å². The average Bonchev–Trinajstić information content (AvgIpc) is 2.84. The predicted octanol–water partition coefficient (Wildman–Crippen LogP) is 3.79. The van der Waals surface area contributed by atoms with Gasteiger partial charge in [0.05, 0.1) is 19.1 Å². The molecule has 0 spiro atoms. The van der Waals surface area contributed by atoms with Crippen LogP contribution < -0.4 is 19.1 Å². The number of amides is 1. The van der Waals surface area contributed by atoms with Crippen LogP contribution in [0.25, 0.3) is 0 Å². The van der Waals surface area contributed by atoms with E-state index in [-0.39, 0.29) is 12.5 Å². The van der Waals surface area contributed by atoms with E-state index in [4.69, 9.17) is 9.47 Å². The minimum atomic E-state index is -3.64. The van der Waals surface area contributed by atoms with Crippen LogP contribution in [-0.4, -0.2) is 40.8 Å². The fourth-order valence-corrected chi connectivity index (χ4v) is 4.20. The number of nitrogens with zero attached hydrogens (tertiary/aromatic N) is 1. The van der Waals surface area contributed by atoms with E-state index < -0.39 is 10.0 Å². The molecule has 0 aliphatic carbocycles. The molecule has 1 N–H and O–H groups in total. The van der Waals surface area contributed by atoms with Gasteiger partial charge in [0.15, 0.2) is 0 Å². The number of nitrogens with one attached hydrogen (secondary N) is 1. The Labute approximate surface area is 201 Å². The van der Waals surface area contributed by atoms with Crippen LogP contribution in [0.4, 0.5) is 5.69 Å². The van der Waals surface area contributed by atoms with E-state index in [1.807, 2.05) is 54.6 Å². The first-order valence-electron chi connectivity index (χ1n) is 11.0.